The molecule has 0 bridgehead atoms. The van der Waals surface area contributed by atoms with Crippen molar-refractivity contribution in [1.82, 2.24) is 5.32 Å². The van der Waals surface area contributed by atoms with Gasteiger partial charge in [0.05, 0.1) is 0 Å². The van der Waals surface area contributed by atoms with Gasteiger partial charge in [0.15, 0.2) is 0 Å². The molecule has 1 heterocycles. The van der Waals surface area contributed by atoms with E-state index in [1.165, 1.54) is 25.7 Å². The summed E-state index contributed by atoms with van der Waals surface area (Å²) < 4.78 is 5.31. The normalized spacial score (nSPS) is 22.1. The van der Waals surface area contributed by atoms with Crippen molar-refractivity contribution in [3.05, 3.63) is 44.8 Å². The number of hydrogen-bond acceptors (Lipinski definition) is 3. The molecule has 1 aliphatic carbocycles. The number of rotatable bonds is 3. The van der Waals surface area contributed by atoms with Crippen molar-refractivity contribution >= 4 is 22.6 Å². The molecular formula is C18H22ClNO2. The lowest BCUT2D eigenvalue weighted by atomic mass is 9.86. The Morgan fingerprint density at radius 1 is 1.27 bits per heavy atom. The highest BCUT2D eigenvalue weighted by molar-refractivity contribution is 6.32. The van der Waals surface area contributed by atoms with Gasteiger partial charge in [-0.15, -0.1) is 0 Å². The Hall–Kier alpha value is -1.32. The molecule has 0 aliphatic heterocycles. The van der Waals surface area contributed by atoms with Crippen LogP contribution in [0.25, 0.3) is 11.0 Å². The molecule has 1 aliphatic rings. The van der Waals surface area contributed by atoms with Crippen molar-refractivity contribution in [3.63, 3.8) is 0 Å². The summed E-state index contributed by atoms with van der Waals surface area (Å²) in [5, 5.41) is 5.24. The second kappa shape index (κ2) is 6.43. The minimum atomic E-state index is -0.303. The second-order valence-electron chi connectivity index (χ2n) is 6.44. The molecular weight excluding hydrogens is 298 g/mol. The third-order valence-corrected chi connectivity index (χ3v) is 5.18. The van der Waals surface area contributed by atoms with Crippen LogP contribution < -0.4 is 10.9 Å². The standard InChI is InChI=1S/C18H22ClNO2/c1-11-5-3-4-6-16(11)20-10-13-8-18(21)22-17-7-12(2)15(19)9-14(13)17/h7-9,11,16,20H,3-6,10H2,1-2H3. The fourth-order valence-electron chi connectivity index (χ4n) is 3.36. The highest BCUT2D eigenvalue weighted by atomic mass is 35.5. The highest BCUT2D eigenvalue weighted by Gasteiger charge is 2.21. The largest absolute Gasteiger partial charge is 0.423 e. The molecule has 22 heavy (non-hydrogen) atoms. The van der Waals surface area contributed by atoms with Crippen LogP contribution >= 0.6 is 11.6 Å². The fraction of sp³-hybridized carbons (Fsp3) is 0.500. The van der Waals surface area contributed by atoms with Gasteiger partial charge >= 0.3 is 5.63 Å². The molecule has 1 aromatic carbocycles. The minimum Gasteiger partial charge on any atom is -0.423 e. The Morgan fingerprint density at radius 2 is 2.05 bits per heavy atom. The van der Waals surface area contributed by atoms with Crippen molar-refractivity contribution < 1.29 is 4.42 Å². The molecule has 1 aromatic heterocycles. The van der Waals surface area contributed by atoms with Crippen molar-refractivity contribution in [2.45, 2.75) is 52.1 Å². The lowest BCUT2D eigenvalue weighted by Crippen LogP contribution is -2.36. The molecule has 2 unspecified atom stereocenters. The first kappa shape index (κ1) is 15.6. The summed E-state index contributed by atoms with van der Waals surface area (Å²) in [4.78, 5) is 11.8. The summed E-state index contributed by atoms with van der Waals surface area (Å²) in [6, 6.07) is 5.84. The van der Waals surface area contributed by atoms with Crippen LogP contribution in [0, 0.1) is 12.8 Å². The maximum atomic E-state index is 11.8. The Kier molecular flexibility index (Phi) is 4.55. The van der Waals surface area contributed by atoms with Crippen molar-refractivity contribution in [2.24, 2.45) is 5.92 Å². The average Bonchev–Trinajstić information content (AvgIpc) is 2.48. The van der Waals surface area contributed by atoms with Crippen LogP contribution in [-0.2, 0) is 6.54 Å². The average molecular weight is 320 g/mol. The monoisotopic (exact) mass is 319 g/mol. The van der Waals surface area contributed by atoms with E-state index in [1.807, 2.05) is 19.1 Å². The summed E-state index contributed by atoms with van der Waals surface area (Å²) in [5.41, 5.74) is 2.19. The van der Waals surface area contributed by atoms with Crippen molar-refractivity contribution in [1.29, 1.82) is 0 Å². The van der Waals surface area contributed by atoms with Gasteiger partial charge in [-0.3, -0.25) is 0 Å². The van der Waals surface area contributed by atoms with Gasteiger partial charge in [0.25, 0.3) is 0 Å². The smallest absolute Gasteiger partial charge is 0.336 e. The third kappa shape index (κ3) is 3.21. The Morgan fingerprint density at radius 3 is 2.82 bits per heavy atom. The molecule has 0 radical (unpaired) electrons. The van der Waals surface area contributed by atoms with E-state index in [1.54, 1.807) is 6.07 Å². The SMILES string of the molecule is Cc1cc2oc(=O)cc(CNC3CCCCC3C)c2cc1Cl. The van der Waals surface area contributed by atoms with E-state index in [4.69, 9.17) is 16.0 Å². The molecule has 3 rings (SSSR count). The van der Waals surface area contributed by atoms with Gasteiger partial charge < -0.3 is 9.73 Å². The minimum absolute atomic E-state index is 0.303. The zero-order chi connectivity index (χ0) is 15.7. The highest BCUT2D eigenvalue weighted by Crippen LogP contribution is 2.27. The Bertz CT molecular complexity index is 738. The second-order valence-corrected chi connectivity index (χ2v) is 6.84. The summed E-state index contributed by atoms with van der Waals surface area (Å²) in [5.74, 6) is 0.686. The van der Waals surface area contributed by atoms with Gasteiger partial charge in [-0.05, 0) is 48.9 Å². The van der Waals surface area contributed by atoms with E-state index in [-0.39, 0.29) is 5.63 Å². The van der Waals surface area contributed by atoms with Crippen LogP contribution in [0.5, 0.6) is 0 Å². The molecule has 1 saturated carbocycles. The summed E-state index contributed by atoms with van der Waals surface area (Å²) in [7, 11) is 0. The zero-order valence-corrected chi connectivity index (χ0v) is 13.9. The van der Waals surface area contributed by atoms with E-state index in [0.717, 1.165) is 16.5 Å². The number of hydrogen-bond donors (Lipinski definition) is 1. The summed E-state index contributed by atoms with van der Waals surface area (Å²) in [6.07, 6.45) is 5.09. The van der Waals surface area contributed by atoms with Crippen LogP contribution in [0.2, 0.25) is 5.02 Å². The Labute approximate surface area is 135 Å². The predicted octanol–water partition coefficient (Wildman–Crippen LogP) is 4.42. The molecule has 1 fully saturated rings. The lowest BCUT2D eigenvalue weighted by molar-refractivity contribution is 0.279. The van der Waals surface area contributed by atoms with Crippen LogP contribution in [0.1, 0.15) is 43.7 Å². The van der Waals surface area contributed by atoms with E-state index >= 15 is 0 Å². The summed E-state index contributed by atoms with van der Waals surface area (Å²) in [6.45, 7) is 4.89. The number of halogens is 1. The predicted molar refractivity (Wildman–Crippen MR) is 90.5 cm³/mol. The number of aryl methyl sites for hydroxylation is 1. The molecule has 1 N–H and O–H groups in total. The first-order valence-electron chi connectivity index (χ1n) is 8.01. The third-order valence-electron chi connectivity index (χ3n) is 4.78. The molecule has 0 saturated heterocycles. The number of benzene rings is 1. The fourth-order valence-corrected chi connectivity index (χ4v) is 3.52. The zero-order valence-electron chi connectivity index (χ0n) is 13.1. The van der Waals surface area contributed by atoms with Crippen LogP contribution in [0.15, 0.2) is 27.4 Å². The Balaban J connectivity index is 1.89. The van der Waals surface area contributed by atoms with Crippen molar-refractivity contribution in [3.8, 4) is 0 Å². The van der Waals surface area contributed by atoms with Gasteiger partial charge in [0.2, 0.25) is 0 Å². The molecule has 118 valence electrons. The van der Waals surface area contributed by atoms with E-state index in [2.05, 4.69) is 12.2 Å². The lowest BCUT2D eigenvalue weighted by Gasteiger charge is -2.29. The molecule has 0 spiro atoms. The first-order chi connectivity index (χ1) is 10.5. The van der Waals surface area contributed by atoms with Gasteiger partial charge in [-0.1, -0.05) is 31.4 Å². The molecule has 3 nitrogen and oxygen atoms in total. The molecule has 0 amide bonds. The maximum Gasteiger partial charge on any atom is 0.336 e. The van der Waals surface area contributed by atoms with Gasteiger partial charge in [0.1, 0.15) is 5.58 Å². The van der Waals surface area contributed by atoms with Crippen LogP contribution in [0.4, 0.5) is 0 Å². The molecule has 2 atom stereocenters. The maximum absolute atomic E-state index is 11.8. The molecule has 2 aromatic rings. The van der Waals surface area contributed by atoms with Gasteiger partial charge in [-0.25, -0.2) is 4.79 Å². The van der Waals surface area contributed by atoms with E-state index in [9.17, 15) is 4.79 Å². The summed E-state index contributed by atoms with van der Waals surface area (Å²) >= 11 is 6.23. The number of nitrogens with one attached hydrogen (secondary N) is 1. The quantitative estimate of drug-likeness (QED) is 0.851. The van der Waals surface area contributed by atoms with Gasteiger partial charge in [-0.2, -0.15) is 0 Å². The molecule has 4 heteroatoms. The van der Waals surface area contributed by atoms with E-state index < -0.39 is 0 Å². The van der Waals surface area contributed by atoms with Gasteiger partial charge in [0, 0.05) is 29.1 Å². The van der Waals surface area contributed by atoms with Crippen LogP contribution in [-0.4, -0.2) is 6.04 Å². The van der Waals surface area contributed by atoms with Crippen molar-refractivity contribution in [2.75, 3.05) is 0 Å². The van der Waals surface area contributed by atoms with E-state index in [0.29, 0.717) is 29.1 Å². The van der Waals surface area contributed by atoms with Crippen LogP contribution in [0.3, 0.4) is 0 Å². The number of fused-ring (bicyclic) bond motifs is 1. The topological polar surface area (TPSA) is 42.2 Å². The first-order valence-corrected chi connectivity index (χ1v) is 8.38.